The standard InChI is InChI=1S/C38H52N2O3/c1-3-4-5-6-7-8-9-10-11-12-13-14-15-16-17-18-19-20-21-22-23-24-25-38(41)43-37-32-28-35(29-33-37)40-39-34-26-30-36(42-2)31-27-34/h26-33H,3-13,18-25H2,1-2H3. The first-order valence-corrected chi connectivity index (χ1v) is 16.5. The van der Waals surface area contributed by atoms with E-state index >= 15 is 0 Å². The van der Waals surface area contributed by atoms with Crippen LogP contribution in [0.25, 0.3) is 0 Å². The van der Waals surface area contributed by atoms with Gasteiger partial charge in [-0.25, -0.2) is 0 Å². The molecule has 0 aliphatic heterocycles. The highest BCUT2D eigenvalue weighted by Crippen LogP contribution is 2.23. The second-order valence-corrected chi connectivity index (χ2v) is 11.0. The van der Waals surface area contributed by atoms with Crippen LogP contribution in [0.4, 0.5) is 11.4 Å². The summed E-state index contributed by atoms with van der Waals surface area (Å²) in [4.78, 5) is 12.2. The van der Waals surface area contributed by atoms with Gasteiger partial charge in [-0.1, -0.05) is 102 Å². The molecule has 5 nitrogen and oxygen atoms in total. The van der Waals surface area contributed by atoms with Gasteiger partial charge in [0.05, 0.1) is 18.5 Å². The van der Waals surface area contributed by atoms with Crippen molar-refractivity contribution >= 4 is 17.3 Å². The quantitative estimate of drug-likeness (QED) is 0.0455. The van der Waals surface area contributed by atoms with Crippen LogP contribution in [0.5, 0.6) is 11.5 Å². The Bertz CT molecular complexity index is 1150. The number of ether oxygens (including phenoxy) is 2. The van der Waals surface area contributed by atoms with Crippen molar-refractivity contribution in [2.45, 2.75) is 129 Å². The predicted molar refractivity (Wildman–Crippen MR) is 178 cm³/mol. The van der Waals surface area contributed by atoms with E-state index in [9.17, 15) is 4.79 Å². The summed E-state index contributed by atoms with van der Waals surface area (Å²) >= 11 is 0. The van der Waals surface area contributed by atoms with Crippen molar-refractivity contribution in [3.8, 4) is 35.2 Å². The van der Waals surface area contributed by atoms with Crippen LogP contribution in [-0.4, -0.2) is 13.1 Å². The second-order valence-electron chi connectivity index (χ2n) is 11.0. The van der Waals surface area contributed by atoms with E-state index in [2.05, 4.69) is 40.8 Å². The highest BCUT2D eigenvalue weighted by molar-refractivity contribution is 5.72. The Kier molecular flexibility index (Phi) is 20.7. The number of hydrogen-bond donors (Lipinski definition) is 0. The van der Waals surface area contributed by atoms with Gasteiger partial charge in [0.2, 0.25) is 0 Å². The van der Waals surface area contributed by atoms with Crippen molar-refractivity contribution in [2.24, 2.45) is 10.2 Å². The number of carbonyl (C=O) groups excluding carboxylic acids is 1. The Morgan fingerprint density at radius 1 is 0.581 bits per heavy atom. The van der Waals surface area contributed by atoms with Crippen molar-refractivity contribution < 1.29 is 14.3 Å². The zero-order valence-corrected chi connectivity index (χ0v) is 26.7. The van der Waals surface area contributed by atoms with E-state index in [0.717, 1.165) is 50.0 Å². The molecule has 0 aliphatic carbocycles. The number of hydrogen-bond acceptors (Lipinski definition) is 5. The van der Waals surface area contributed by atoms with Crippen LogP contribution >= 0.6 is 0 Å². The molecular formula is C38H52N2O3. The summed E-state index contributed by atoms with van der Waals surface area (Å²) in [6, 6.07) is 14.4. The van der Waals surface area contributed by atoms with Crippen LogP contribution in [0.1, 0.15) is 129 Å². The van der Waals surface area contributed by atoms with Gasteiger partial charge in [-0.3, -0.25) is 4.79 Å². The normalized spacial score (nSPS) is 10.6. The van der Waals surface area contributed by atoms with Gasteiger partial charge in [0.15, 0.2) is 0 Å². The number of carbonyl (C=O) groups is 1. The summed E-state index contributed by atoms with van der Waals surface area (Å²) < 4.78 is 10.6. The number of benzene rings is 2. The number of azo groups is 1. The molecule has 0 bridgehead atoms. The maximum absolute atomic E-state index is 12.2. The van der Waals surface area contributed by atoms with Crippen LogP contribution < -0.4 is 9.47 Å². The first-order valence-electron chi connectivity index (χ1n) is 16.5. The Balaban J connectivity index is 1.41. The SMILES string of the molecule is CCCCCCCCCCCCC#CC#CCCCCCCCCC(=O)Oc1ccc(N=Nc2ccc(OC)cc2)cc1. The largest absolute Gasteiger partial charge is 0.497 e. The van der Waals surface area contributed by atoms with Gasteiger partial charge in [-0.2, -0.15) is 10.2 Å². The third-order valence-corrected chi connectivity index (χ3v) is 7.25. The summed E-state index contributed by atoms with van der Waals surface area (Å²) in [6.07, 6.45) is 22.4. The summed E-state index contributed by atoms with van der Waals surface area (Å²) in [6.45, 7) is 2.27. The van der Waals surface area contributed by atoms with Gasteiger partial charge < -0.3 is 9.47 Å². The molecule has 2 aromatic rings. The van der Waals surface area contributed by atoms with Gasteiger partial charge >= 0.3 is 5.97 Å². The molecule has 0 atom stereocenters. The number of rotatable bonds is 22. The van der Waals surface area contributed by atoms with Crippen LogP contribution in [0, 0.1) is 23.7 Å². The molecule has 0 spiro atoms. The molecule has 0 fully saturated rings. The smallest absolute Gasteiger partial charge is 0.311 e. The molecule has 232 valence electrons. The molecule has 0 unspecified atom stereocenters. The minimum Gasteiger partial charge on any atom is -0.497 e. The van der Waals surface area contributed by atoms with E-state index in [1.165, 1.54) is 77.0 Å². The first kappa shape index (κ1) is 35.6. The Morgan fingerprint density at radius 2 is 1.00 bits per heavy atom. The second kappa shape index (κ2) is 25.0. The van der Waals surface area contributed by atoms with Crippen LogP contribution in [0.2, 0.25) is 0 Å². The van der Waals surface area contributed by atoms with Gasteiger partial charge in [-0.15, -0.1) is 0 Å². The lowest BCUT2D eigenvalue weighted by Crippen LogP contribution is -2.07. The summed E-state index contributed by atoms with van der Waals surface area (Å²) in [5.74, 6) is 13.5. The van der Waals surface area contributed by atoms with E-state index in [1.807, 2.05) is 24.3 Å². The van der Waals surface area contributed by atoms with E-state index in [-0.39, 0.29) is 5.97 Å². The molecule has 0 heterocycles. The summed E-state index contributed by atoms with van der Waals surface area (Å²) in [5.41, 5.74) is 1.43. The number of methoxy groups -OCH3 is 1. The molecule has 0 radical (unpaired) electrons. The van der Waals surface area contributed by atoms with E-state index < -0.39 is 0 Å². The third kappa shape index (κ3) is 19.3. The topological polar surface area (TPSA) is 60.2 Å². The van der Waals surface area contributed by atoms with E-state index in [0.29, 0.717) is 17.9 Å². The van der Waals surface area contributed by atoms with Gasteiger partial charge in [0, 0.05) is 19.3 Å². The molecule has 0 saturated heterocycles. The first-order chi connectivity index (χ1) is 21.2. The zero-order valence-electron chi connectivity index (χ0n) is 26.7. The number of esters is 1. The Hall–Kier alpha value is -3.57. The van der Waals surface area contributed by atoms with Crippen molar-refractivity contribution in [3.05, 3.63) is 48.5 Å². The molecule has 0 saturated carbocycles. The van der Waals surface area contributed by atoms with Gasteiger partial charge in [-0.05, 0) is 79.6 Å². The number of nitrogens with zero attached hydrogens (tertiary/aromatic N) is 2. The number of unbranched alkanes of at least 4 members (excludes halogenated alkanes) is 16. The molecule has 2 rings (SSSR count). The molecule has 0 aromatic heterocycles. The lowest BCUT2D eigenvalue weighted by Gasteiger charge is -2.04. The summed E-state index contributed by atoms with van der Waals surface area (Å²) in [5, 5.41) is 8.43. The maximum Gasteiger partial charge on any atom is 0.311 e. The average Bonchev–Trinajstić information content (AvgIpc) is 3.03. The molecule has 0 aliphatic rings. The average molecular weight is 585 g/mol. The summed E-state index contributed by atoms with van der Waals surface area (Å²) in [7, 11) is 1.63. The minimum absolute atomic E-state index is 0.197. The van der Waals surface area contributed by atoms with Crippen LogP contribution in [-0.2, 0) is 4.79 Å². The lowest BCUT2D eigenvalue weighted by molar-refractivity contribution is -0.134. The monoisotopic (exact) mass is 584 g/mol. The molecule has 5 heteroatoms. The van der Waals surface area contributed by atoms with Gasteiger partial charge in [0.25, 0.3) is 0 Å². The molecule has 0 amide bonds. The Morgan fingerprint density at radius 3 is 1.47 bits per heavy atom. The maximum atomic E-state index is 12.2. The highest BCUT2D eigenvalue weighted by atomic mass is 16.5. The van der Waals surface area contributed by atoms with E-state index in [1.54, 1.807) is 31.4 Å². The molecule has 2 aromatic carbocycles. The van der Waals surface area contributed by atoms with E-state index in [4.69, 9.17) is 9.47 Å². The predicted octanol–water partition coefficient (Wildman–Crippen LogP) is 11.5. The highest BCUT2D eigenvalue weighted by Gasteiger charge is 2.05. The third-order valence-electron chi connectivity index (χ3n) is 7.25. The Labute approximate surface area is 261 Å². The molecule has 0 N–H and O–H groups in total. The molecular weight excluding hydrogens is 532 g/mol. The van der Waals surface area contributed by atoms with Gasteiger partial charge in [0.1, 0.15) is 11.5 Å². The van der Waals surface area contributed by atoms with Crippen LogP contribution in [0.15, 0.2) is 58.8 Å². The minimum atomic E-state index is -0.197. The molecule has 43 heavy (non-hydrogen) atoms. The fraction of sp³-hybridized carbons (Fsp3) is 0.553. The zero-order chi connectivity index (χ0) is 30.6. The lowest BCUT2D eigenvalue weighted by atomic mass is 10.1. The van der Waals surface area contributed by atoms with Crippen molar-refractivity contribution in [1.29, 1.82) is 0 Å². The van der Waals surface area contributed by atoms with Crippen molar-refractivity contribution in [1.82, 2.24) is 0 Å². The van der Waals surface area contributed by atoms with Crippen LogP contribution in [0.3, 0.4) is 0 Å². The fourth-order valence-corrected chi connectivity index (χ4v) is 4.63. The van der Waals surface area contributed by atoms with Crippen molar-refractivity contribution in [3.63, 3.8) is 0 Å². The fourth-order valence-electron chi connectivity index (χ4n) is 4.63. The van der Waals surface area contributed by atoms with Crippen molar-refractivity contribution in [2.75, 3.05) is 7.11 Å².